The zero-order chi connectivity index (χ0) is 41.6. The lowest BCUT2D eigenvalue weighted by atomic mass is 9.86. The molecule has 0 unspecified atom stereocenters. The Balaban J connectivity index is 1.49. The van der Waals surface area contributed by atoms with Crippen LogP contribution in [-0.4, -0.2) is 49.5 Å². The van der Waals surface area contributed by atoms with Crippen molar-refractivity contribution in [2.75, 3.05) is 18.5 Å². The van der Waals surface area contributed by atoms with Gasteiger partial charge in [0.05, 0.1) is 24.1 Å². The van der Waals surface area contributed by atoms with Crippen LogP contribution in [0.1, 0.15) is 66.3 Å². The van der Waals surface area contributed by atoms with Crippen LogP contribution in [0.3, 0.4) is 0 Å². The van der Waals surface area contributed by atoms with Gasteiger partial charge in [0.1, 0.15) is 24.3 Å². The molecule has 1 saturated heterocycles. The number of carbonyl (C=O) groups excluding carboxylic acids is 2. The summed E-state index contributed by atoms with van der Waals surface area (Å²) in [4.78, 5) is 42.0. The molecule has 0 aliphatic carbocycles. The summed E-state index contributed by atoms with van der Waals surface area (Å²) in [5.41, 5.74) is 4.69. The van der Waals surface area contributed by atoms with Gasteiger partial charge in [-0.15, -0.1) is 0 Å². The summed E-state index contributed by atoms with van der Waals surface area (Å²) in [5.74, 6) is -3.36. The molecule has 300 valence electrons. The average molecular weight is 803 g/mol. The number of aromatic carboxylic acids is 1. The Bertz CT molecular complexity index is 2260. The number of carbonyl (C=O) groups is 3. The first-order valence-electron chi connectivity index (χ1n) is 19.2. The van der Waals surface area contributed by atoms with E-state index in [0.717, 1.165) is 16.7 Å². The SMILES string of the molecule is CC(C)(C)[Si](C)(C)OC/C(=C\C[C@@H](C(=O)N1C(=O)OC[C@@H]1c1ccccc1)[C@H](Nc1ccc(F)cc1)c1ccc(-c2ccccc2C(=O)O)cc1)c1ccc(F)cc1. The quantitative estimate of drug-likeness (QED) is 0.108. The largest absolute Gasteiger partial charge is 0.478 e. The molecule has 11 heteroatoms. The third kappa shape index (κ3) is 9.61. The van der Waals surface area contributed by atoms with Gasteiger partial charge in [-0.25, -0.2) is 23.3 Å². The fourth-order valence-electron chi connectivity index (χ4n) is 6.74. The van der Waals surface area contributed by atoms with Crippen molar-refractivity contribution in [3.63, 3.8) is 0 Å². The van der Waals surface area contributed by atoms with Gasteiger partial charge >= 0.3 is 12.1 Å². The van der Waals surface area contributed by atoms with Crippen LogP contribution in [0.2, 0.25) is 18.1 Å². The van der Waals surface area contributed by atoms with Crippen molar-refractivity contribution >= 4 is 37.5 Å². The maximum Gasteiger partial charge on any atom is 0.417 e. The summed E-state index contributed by atoms with van der Waals surface area (Å²) < 4.78 is 40.6. The molecule has 0 spiro atoms. The number of allylic oxidation sites excluding steroid dienone is 1. The first kappa shape index (κ1) is 41.7. The highest BCUT2D eigenvalue weighted by atomic mass is 28.4. The van der Waals surface area contributed by atoms with Crippen LogP contribution in [0.15, 0.2) is 133 Å². The van der Waals surface area contributed by atoms with E-state index < -0.39 is 50.1 Å². The van der Waals surface area contributed by atoms with Gasteiger partial charge in [-0.05, 0) is 100 Å². The first-order chi connectivity index (χ1) is 27.6. The van der Waals surface area contributed by atoms with Crippen molar-refractivity contribution in [3.8, 4) is 11.1 Å². The normalized spacial score (nSPS) is 15.8. The van der Waals surface area contributed by atoms with Crippen LogP contribution < -0.4 is 5.32 Å². The highest BCUT2D eigenvalue weighted by Gasteiger charge is 2.44. The smallest absolute Gasteiger partial charge is 0.417 e. The molecule has 0 radical (unpaired) electrons. The molecule has 0 saturated carbocycles. The fourth-order valence-corrected chi connectivity index (χ4v) is 7.69. The number of carboxylic acid groups (broad SMARTS) is 1. The van der Waals surface area contributed by atoms with Gasteiger partial charge in [-0.1, -0.05) is 112 Å². The molecular formula is C47H48F2N2O6Si. The highest BCUT2D eigenvalue weighted by molar-refractivity contribution is 6.74. The fraction of sp³-hybridized carbons (Fsp3) is 0.255. The minimum Gasteiger partial charge on any atom is -0.478 e. The van der Waals surface area contributed by atoms with Crippen molar-refractivity contribution in [1.82, 2.24) is 4.90 Å². The number of imide groups is 1. The van der Waals surface area contributed by atoms with Crippen molar-refractivity contribution in [3.05, 3.63) is 167 Å². The highest BCUT2D eigenvalue weighted by Crippen LogP contribution is 2.40. The van der Waals surface area contributed by atoms with Gasteiger partial charge in [0.2, 0.25) is 5.91 Å². The van der Waals surface area contributed by atoms with E-state index in [9.17, 15) is 23.5 Å². The molecule has 5 aromatic carbocycles. The summed E-state index contributed by atoms with van der Waals surface area (Å²) in [7, 11) is -2.27. The lowest BCUT2D eigenvalue weighted by molar-refractivity contribution is -0.134. The molecule has 8 nitrogen and oxygen atoms in total. The van der Waals surface area contributed by atoms with Gasteiger partial charge in [0.25, 0.3) is 0 Å². The maximum atomic E-state index is 15.2. The standard InChI is InChI=1S/C47H48F2N2O6Si/c1-47(2,3)58(4,5)57-29-35(31-19-22-36(48)23-20-31)21-28-41(44(52)51-42(30-56-46(51)55)33-11-7-6-8-12-33)43(50-38-26-24-37(49)25-27-38)34-17-15-32(16-18-34)39-13-9-10-14-40(39)45(53)54/h6-27,41-43,50H,28-30H2,1-5H3,(H,53,54)/b35-21+/t41-,42-,43-/m1/s1. The topological polar surface area (TPSA) is 105 Å². The van der Waals surface area contributed by atoms with E-state index in [1.54, 1.807) is 54.6 Å². The Kier molecular flexibility index (Phi) is 12.7. The third-order valence-corrected chi connectivity index (χ3v) is 15.6. The van der Waals surface area contributed by atoms with Gasteiger partial charge in [0, 0.05) is 5.69 Å². The molecule has 1 aliphatic heterocycles. The second-order valence-corrected chi connectivity index (χ2v) is 20.8. The van der Waals surface area contributed by atoms with E-state index in [1.807, 2.05) is 48.5 Å². The summed E-state index contributed by atoms with van der Waals surface area (Å²) in [5, 5.41) is 13.3. The van der Waals surface area contributed by atoms with Crippen molar-refractivity contribution in [2.45, 2.75) is 57.4 Å². The van der Waals surface area contributed by atoms with Crippen LogP contribution in [0.25, 0.3) is 16.7 Å². The number of benzene rings is 5. The Hall–Kier alpha value is -5.91. The summed E-state index contributed by atoms with van der Waals surface area (Å²) in [6.45, 7) is 10.9. The van der Waals surface area contributed by atoms with Crippen molar-refractivity contribution in [2.24, 2.45) is 5.92 Å². The molecule has 1 fully saturated rings. The Morgan fingerprint density at radius 3 is 2.10 bits per heavy atom. The summed E-state index contributed by atoms with van der Waals surface area (Å²) >= 11 is 0. The zero-order valence-electron chi connectivity index (χ0n) is 33.2. The Morgan fingerprint density at radius 2 is 1.48 bits per heavy atom. The molecule has 58 heavy (non-hydrogen) atoms. The van der Waals surface area contributed by atoms with Crippen LogP contribution >= 0.6 is 0 Å². The van der Waals surface area contributed by atoms with E-state index in [0.29, 0.717) is 22.4 Å². The number of amides is 2. The summed E-state index contributed by atoms with van der Waals surface area (Å²) in [6.07, 6.45) is 1.24. The van der Waals surface area contributed by atoms with Gasteiger partial charge in [-0.2, -0.15) is 0 Å². The van der Waals surface area contributed by atoms with E-state index in [2.05, 4.69) is 39.2 Å². The molecule has 1 heterocycles. The Morgan fingerprint density at radius 1 is 0.879 bits per heavy atom. The number of anilines is 1. The second-order valence-electron chi connectivity index (χ2n) is 15.9. The number of hydrogen-bond acceptors (Lipinski definition) is 6. The Labute approximate surface area is 339 Å². The van der Waals surface area contributed by atoms with Crippen LogP contribution in [-0.2, 0) is 14.0 Å². The lowest BCUT2D eigenvalue weighted by Gasteiger charge is -2.36. The van der Waals surface area contributed by atoms with Crippen LogP contribution in [0, 0.1) is 17.6 Å². The van der Waals surface area contributed by atoms with Crippen molar-refractivity contribution < 1.29 is 37.4 Å². The molecule has 2 amide bonds. The predicted octanol–water partition coefficient (Wildman–Crippen LogP) is 11.3. The molecular weight excluding hydrogens is 755 g/mol. The number of ether oxygens (including phenoxy) is 1. The number of nitrogens with one attached hydrogen (secondary N) is 1. The number of halogens is 2. The van der Waals surface area contributed by atoms with Gasteiger partial charge in [0.15, 0.2) is 8.32 Å². The van der Waals surface area contributed by atoms with Crippen LogP contribution in [0.4, 0.5) is 19.3 Å². The number of hydrogen-bond donors (Lipinski definition) is 2. The average Bonchev–Trinajstić information content (AvgIpc) is 3.60. The van der Waals surface area contributed by atoms with Gasteiger partial charge in [-0.3, -0.25) is 4.79 Å². The number of rotatable bonds is 14. The molecule has 0 bridgehead atoms. The third-order valence-electron chi connectivity index (χ3n) is 11.1. The molecule has 3 atom stereocenters. The van der Waals surface area contributed by atoms with Crippen molar-refractivity contribution in [1.29, 1.82) is 0 Å². The maximum absolute atomic E-state index is 15.2. The number of cyclic esters (lactones) is 1. The first-order valence-corrected chi connectivity index (χ1v) is 22.1. The molecule has 0 aromatic heterocycles. The van der Waals surface area contributed by atoms with E-state index >= 15 is 4.79 Å². The predicted molar refractivity (Wildman–Crippen MR) is 225 cm³/mol. The monoisotopic (exact) mass is 802 g/mol. The zero-order valence-corrected chi connectivity index (χ0v) is 34.2. The molecule has 5 aromatic rings. The second kappa shape index (κ2) is 17.7. The lowest BCUT2D eigenvalue weighted by Crippen LogP contribution is -2.42. The molecule has 2 N–H and O–H groups in total. The van der Waals surface area contributed by atoms with Crippen LogP contribution in [0.5, 0.6) is 0 Å². The van der Waals surface area contributed by atoms with E-state index in [1.165, 1.54) is 35.2 Å². The number of carboxylic acids is 1. The minimum absolute atomic E-state index is 0.0218. The number of nitrogens with zero attached hydrogens (tertiary/aromatic N) is 1. The van der Waals surface area contributed by atoms with E-state index in [-0.39, 0.29) is 36.1 Å². The summed E-state index contributed by atoms with van der Waals surface area (Å²) in [6, 6.07) is 33.5. The minimum atomic E-state index is -2.27. The van der Waals surface area contributed by atoms with Gasteiger partial charge < -0.3 is 19.6 Å². The molecule has 1 aliphatic rings. The molecule has 6 rings (SSSR count). The van der Waals surface area contributed by atoms with E-state index in [4.69, 9.17) is 9.16 Å².